The summed E-state index contributed by atoms with van der Waals surface area (Å²) in [6, 6.07) is 10.0. The first kappa shape index (κ1) is 14.7. The van der Waals surface area contributed by atoms with Crippen LogP contribution in [0.1, 0.15) is 0 Å². The molecule has 0 heterocycles. The molecule has 0 saturated heterocycles. The van der Waals surface area contributed by atoms with Gasteiger partial charge in [0.2, 0.25) is 0 Å². The van der Waals surface area contributed by atoms with Crippen molar-refractivity contribution in [2.75, 3.05) is 0 Å². The van der Waals surface area contributed by atoms with E-state index in [-0.39, 0.29) is 5.69 Å². The quantitative estimate of drug-likeness (QED) is 0.499. The van der Waals surface area contributed by atoms with Crippen LogP contribution < -0.4 is 0 Å². The Bertz CT molecular complexity index is 652. The van der Waals surface area contributed by atoms with Crippen LogP contribution in [0.2, 0.25) is 10.0 Å². The molecule has 0 fully saturated rings. The molecule has 0 aliphatic carbocycles. The van der Waals surface area contributed by atoms with Crippen LogP contribution in [-0.4, -0.2) is 4.92 Å². The van der Waals surface area contributed by atoms with Crippen molar-refractivity contribution in [2.45, 2.75) is 9.79 Å². The van der Waals surface area contributed by atoms with Crippen molar-refractivity contribution in [3.63, 3.8) is 0 Å². The van der Waals surface area contributed by atoms with E-state index in [0.29, 0.717) is 19.4 Å². The van der Waals surface area contributed by atoms with E-state index in [1.807, 2.05) is 0 Å². The highest BCUT2D eigenvalue weighted by Crippen LogP contribution is 2.38. The number of hydrogen-bond donors (Lipinski definition) is 0. The van der Waals surface area contributed by atoms with Gasteiger partial charge in [-0.05, 0) is 30.3 Å². The third kappa shape index (κ3) is 3.63. The average molecular weight is 379 g/mol. The zero-order chi connectivity index (χ0) is 14.0. The van der Waals surface area contributed by atoms with Crippen molar-refractivity contribution in [1.29, 1.82) is 0 Å². The third-order valence-corrected chi connectivity index (χ3v) is 4.52. The molecule has 0 aromatic heterocycles. The molecule has 0 radical (unpaired) electrons. The summed E-state index contributed by atoms with van der Waals surface area (Å²) in [4.78, 5) is 11.9. The largest absolute Gasteiger partial charge is 0.284 e. The van der Waals surface area contributed by atoms with Crippen LogP contribution in [-0.2, 0) is 0 Å². The molecule has 2 aromatic carbocycles. The van der Waals surface area contributed by atoms with Gasteiger partial charge in [0.05, 0.1) is 19.9 Å². The predicted octanol–water partition coefficient (Wildman–Crippen LogP) is 5.82. The molecule has 0 aliphatic heterocycles. The third-order valence-electron chi connectivity index (χ3n) is 2.24. The van der Waals surface area contributed by atoms with Gasteiger partial charge in [0, 0.05) is 15.4 Å². The van der Waals surface area contributed by atoms with Crippen molar-refractivity contribution in [2.24, 2.45) is 0 Å². The molecule has 2 aromatic rings. The van der Waals surface area contributed by atoms with E-state index in [4.69, 9.17) is 23.2 Å². The van der Waals surface area contributed by atoms with Gasteiger partial charge in [-0.15, -0.1) is 0 Å². The summed E-state index contributed by atoms with van der Waals surface area (Å²) >= 11 is 16.2. The molecule has 0 atom stereocenters. The molecular weight excluding hydrogens is 373 g/mol. The minimum Gasteiger partial charge on any atom is -0.258 e. The van der Waals surface area contributed by atoms with E-state index in [2.05, 4.69) is 15.9 Å². The van der Waals surface area contributed by atoms with Gasteiger partial charge >= 0.3 is 0 Å². The standard InChI is InChI=1S/C12H6BrCl2NO2S/c13-7-1-4-12(11(5-7)16(17)18)19-8-2-3-9(14)10(15)6-8/h1-6H. The summed E-state index contributed by atoms with van der Waals surface area (Å²) in [5, 5.41) is 11.9. The number of hydrogen-bond acceptors (Lipinski definition) is 3. The Balaban J connectivity index is 2.37. The first-order chi connectivity index (χ1) is 8.97. The SMILES string of the molecule is O=[N+]([O-])c1cc(Br)ccc1Sc1ccc(Cl)c(Cl)c1. The highest BCUT2D eigenvalue weighted by molar-refractivity contribution is 9.10. The highest BCUT2D eigenvalue weighted by atomic mass is 79.9. The Hall–Kier alpha value is -0.750. The fourth-order valence-corrected chi connectivity index (χ4v) is 3.04. The lowest BCUT2D eigenvalue weighted by molar-refractivity contribution is -0.387. The van der Waals surface area contributed by atoms with Crippen LogP contribution in [0, 0.1) is 10.1 Å². The van der Waals surface area contributed by atoms with Crippen molar-refractivity contribution in [3.8, 4) is 0 Å². The van der Waals surface area contributed by atoms with Crippen LogP contribution in [0.25, 0.3) is 0 Å². The van der Waals surface area contributed by atoms with Gasteiger partial charge < -0.3 is 0 Å². The van der Waals surface area contributed by atoms with E-state index >= 15 is 0 Å². The molecule has 0 saturated carbocycles. The second-order valence-electron chi connectivity index (χ2n) is 3.55. The molecule has 7 heteroatoms. The van der Waals surface area contributed by atoms with E-state index in [9.17, 15) is 10.1 Å². The Morgan fingerprint density at radius 3 is 2.47 bits per heavy atom. The average Bonchev–Trinajstić information content (AvgIpc) is 2.36. The second kappa shape index (κ2) is 6.13. The van der Waals surface area contributed by atoms with Crippen LogP contribution in [0.15, 0.2) is 50.7 Å². The Kier molecular flexibility index (Phi) is 4.73. The summed E-state index contributed by atoms with van der Waals surface area (Å²) in [5.41, 5.74) is 0.0467. The lowest BCUT2D eigenvalue weighted by Gasteiger charge is -2.04. The molecule has 2 rings (SSSR count). The normalized spacial score (nSPS) is 10.5. The zero-order valence-electron chi connectivity index (χ0n) is 9.27. The maximum atomic E-state index is 11.0. The monoisotopic (exact) mass is 377 g/mol. The smallest absolute Gasteiger partial charge is 0.258 e. The van der Waals surface area contributed by atoms with Crippen molar-refractivity contribution in [1.82, 2.24) is 0 Å². The summed E-state index contributed by atoms with van der Waals surface area (Å²) in [7, 11) is 0. The van der Waals surface area contributed by atoms with Crippen molar-refractivity contribution in [3.05, 3.63) is 61.0 Å². The van der Waals surface area contributed by atoms with Crippen LogP contribution in [0.5, 0.6) is 0 Å². The lowest BCUT2D eigenvalue weighted by Crippen LogP contribution is -1.90. The number of nitro groups is 1. The number of nitrogens with zero attached hydrogens (tertiary/aromatic N) is 1. The topological polar surface area (TPSA) is 43.1 Å². The molecule has 19 heavy (non-hydrogen) atoms. The molecule has 0 bridgehead atoms. The molecule has 0 N–H and O–H groups in total. The van der Waals surface area contributed by atoms with E-state index in [1.165, 1.54) is 17.8 Å². The van der Waals surface area contributed by atoms with Crippen molar-refractivity contribution >= 4 is 56.6 Å². The molecule has 3 nitrogen and oxygen atoms in total. The van der Waals surface area contributed by atoms with Gasteiger partial charge in [-0.3, -0.25) is 10.1 Å². The minimum atomic E-state index is -0.412. The Morgan fingerprint density at radius 2 is 1.84 bits per heavy atom. The maximum Gasteiger partial charge on any atom is 0.284 e. The highest BCUT2D eigenvalue weighted by Gasteiger charge is 2.15. The molecule has 0 amide bonds. The van der Waals surface area contributed by atoms with Gasteiger partial charge in [-0.1, -0.05) is 50.9 Å². The number of benzene rings is 2. The van der Waals surface area contributed by atoms with Gasteiger partial charge in [0.1, 0.15) is 0 Å². The molecular formula is C12H6BrCl2NO2S. The fraction of sp³-hybridized carbons (Fsp3) is 0. The van der Waals surface area contributed by atoms with E-state index in [1.54, 1.807) is 30.3 Å². The molecule has 0 unspecified atom stereocenters. The van der Waals surface area contributed by atoms with Crippen LogP contribution in [0.3, 0.4) is 0 Å². The first-order valence-corrected chi connectivity index (χ1v) is 7.41. The summed E-state index contributed by atoms with van der Waals surface area (Å²) < 4.78 is 0.665. The van der Waals surface area contributed by atoms with Crippen LogP contribution in [0.4, 0.5) is 5.69 Å². The summed E-state index contributed by atoms with van der Waals surface area (Å²) in [6.45, 7) is 0. The summed E-state index contributed by atoms with van der Waals surface area (Å²) in [5.74, 6) is 0. The Morgan fingerprint density at radius 1 is 1.11 bits per heavy atom. The van der Waals surface area contributed by atoms with E-state index < -0.39 is 4.92 Å². The first-order valence-electron chi connectivity index (χ1n) is 5.04. The number of nitro benzene ring substituents is 1. The lowest BCUT2D eigenvalue weighted by atomic mass is 10.3. The fourth-order valence-electron chi connectivity index (χ4n) is 1.39. The summed E-state index contributed by atoms with van der Waals surface area (Å²) in [6.07, 6.45) is 0. The molecule has 0 spiro atoms. The van der Waals surface area contributed by atoms with Gasteiger partial charge in [0.25, 0.3) is 5.69 Å². The van der Waals surface area contributed by atoms with Gasteiger partial charge in [-0.25, -0.2) is 0 Å². The predicted molar refractivity (Wildman–Crippen MR) is 81.4 cm³/mol. The van der Waals surface area contributed by atoms with Crippen molar-refractivity contribution < 1.29 is 4.92 Å². The zero-order valence-corrected chi connectivity index (χ0v) is 13.2. The van der Waals surface area contributed by atoms with Gasteiger partial charge in [-0.2, -0.15) is 0 Å². The Labute approximate surface area is 132 Å². The minimum absolute atomic E-state index is 0.0467. The second-order valence-corrected chi connectivity index (χ2v) is 6.39. The van der Waals surface area contributed by atoms with E-state index in [0.717, 1.165) is 4.90 Å². The number of halogens is 3. The van der Waals surface area contributed by atoms with Gasteiger partial charge in [0.15, 0.2) is 0 Å². The number of rotatable bonds is 3. The molecule has 98 valence electrons. The van der Waals surface area contributed by atoms with Crippen LogP contribution >= 0.6 is 50.9 Å². The maximum absolute atomic E-state index is 11.0. The molecule has 0 aliphatic rings.